The quantitative estimate of drug-likeness (QED) is 0.384. The SMILES string of the molecule is O=C(CSc1nnc(-c2ccc(Cl)cc2)o1)Nc1ccccc1[N+](=O)[O-]. The Morgan fingerprint density at radius 1 is 1.19 bits per heavy atom. The lowest BCUT2D eigenvalue weighted by molar-refractivity contribution is -0.383. The standard InChI is InChI=1S/C16H11ClN4O4S/c17-11-7-5-10(6-8-11)15-19-20-16(25-15)26-9-14(22)18-12-3-1-2-4-13(12)21(23)24/h1-8H,9H2,(H,18,22). The molecule has 132 valence electrons. The fraction of sp³-hybridized carbons (Fsp3) is 0.0625. The van der Waals surface area contributed by atoms with Gasteiger partial charge in [0.15, 0.2) is 0 Å². The number of para-hydroxylation sites is 2. The molecule has 0 unspecified atom stereocenters. The molecule has 1 heterocycles. The fourth-order valence-corrected chi connectivity index (χ4v) is 2.72. The molecule has 0 aliphatic carbocycles. The molecule has 0 atom stereocenters. The minimum atomic E-state index is -0.556. The summed E-state index contributed by atoms with van der Waals surface area (Å²) in [6, 6.07) is 12.8. The highest BCUT2D eigenvalue weighted by Gasteiger charge is 2.16. The number of nitro groups is 1. The highest BCUT2D eigenvalue weighted by Crippen LogP contribution is 2.26. The van der Waals surface area contributed by atoms with Gasteiger partial charge in [-0.3, -0.25) is 14.9 Å². The summed E-state index contributed by atoms with van der Waals surface area (Å²) in [5, 5.41) is 22.0. The number of carbonyl (C=O) groups is 1. The number of halogens is 1. The summed E-state index contributed by atoms with van der Waals surface area (Å²) >= 11 is 6.86. The van der Waals surface area contributed by atoms with Crippen molar-refractivity contribution < 1.29 is 14.1 Å². The van der Waals surface area contributed by atoms with E-state index in [0.29, 0.717) is 16.5 Å². The number of nitro benzene ring substituents is 1. The maximum atomic E-state index is 12.0. The van der Waals surface area contributed by atoms with E-state index in [1.54, 1.807) is 30.3 Å². The Hall–Kier alpha value is -2.91. The van der Waals surface area contributed by atoms with Crippen molar-refractivity contribution in [2.45, 2.75) is 5.22 Å². The first-order valence-electron chi connectivity index (χ1n) is 7.28. The van der Waals surface area contributed by atoms with Gasteiger partial charge in [0.1, 0.15) is 5.69 Å². The molecule has 0 saturated carbocycles. The molecule has 0 aliphatic rings. The lowest BCUT2D eigenvalue weighted by Crippen LogP contribution is -2.15. The molecular formula is C16H11ClN4O4S. The number of nitrogens with zero attached hydrogens (tertiary/aromatic N) is 3. The Bertz CT molecular complexity index is 945. The molecule has 2 aromatic carbocycles. The normalized spacial score (nSPS) is 10.5. The van der Waals surface area contributed by atoms with Crippen LogP contribution in [0.5, 0.6) is 0 Å². The molecule has 0 aliphatic heterocycles. The Balaban J connectivity index is 1.60. The third-order valence-electron chi connectivity index (χ3n) is 3.20. The van der Waals surface area contributed by atoms with Crippen molar-refractivity contribution in [2.75, 3.05) is 11.1 Å². The van der Waals surface area contributed by atoms with Crippen molar-refractivity contribution in [1.82, 2.24) is 10.2 Å². The molecule has 1 N–H and O–H groups in total. The van der Waals surface area contributed by atoms with E-state index >= 15 is 0 Å². The fourth-order valence-electron chi connectivity index (χ4n) is 2.03. The van der Waals surface area contributed by atoms with Crippen LogP contribution in [0.3, 0.4) is 0 Å². The largest absolute Gasteiger partial charge is 0.411 e. The van der Waals surface area contributed by atoms with Crippen molar-refractivity contribution in [2.24, 2.45) is 0 Å². The van der Waals surface area contributed by atoms with Gasteiger partial charge in [0, 0.05) is 16.7 Å². The van der Waals surface area contributed by atoms with Gasteiger partial charge in [-0.2, -0.15) is 0 Å². The van der Waals surface area contributed by atoms with Gasteiger partial charge in [-0.1, -0.05) is 35.5 Å². The van der Waals surface area contributed by atoms with Gasteiger partial charge in [-0.15, -0.1) is 10.2 Å². The van der Waals surface area contributed by atoms with E-state index < -0.39 is 10.8 Å². The van der Waals surface area contributed by atoms with Crippen LogP contribution in [0.4, 0.5) is 11.4 Å². The molecule has 0 radical (unpaired) electrons. The second-order valence-electron chi connectivity index (χ2n) is 4.99. The molecule has 1 aromatic heterocycles. The first-order chi connectivity index (χ1) is 12.5. The van der Waals surface area contributed by atoms with Crippen molar-refractivity contribution in [3.05, 3.63) is 63.7 Å². The topological polar surface area (TPSA) is 111 Å². The van der Waals surface area contributed by atoms with Crippen molar-refractivity contribution >= 4 is 40.6 Å². The molecule has 10 heteroatoms. The Morgan fingerprint density at radius 2 is 1.92 bits per heavy atom. The molecular weight excluding hydrogens is 380 g/mol. The summed E-state index contributed by atoms with van der Waals surface area (Å²) in [6.07, 6.45) is 0. The van der Waals surface area contributed by atoms with Crippen LogP contribution in [0.25, 0.3) is 11.5 Å². The molecule has 0 fully saturated rings. The van der Waals surface area contributed by atoms with E-state index in [1.807, 2.05) is 0 Å². The number of anilines is 1. The smallest absolute Gasteiger partial charge is 0.292 e. The maximum absolute atomic E-state index is 12.0. The third-order valence-corrected chi connectivity index (χ3v) is 4.27. The van der Waals surface area contributed by atoms with Crippen LogP contribution in [0, 0.1) is 10.1 Å². The minimum absolute atomic E-state index is 0.0334. The predicted molar refractivity (Wildman–Crippen MR) is 97.2 cm³/mol. The summed E-state index contributed by atoms with van der Waals surface area (Å²) in [4.78, 5) is 22.4. The molecule has 26 heavy (non-hydrogen) atoms. The maximum Gasteiger partial charge on any atom is 0.292 e. The average Bonchev–Trinajstić information content (AvgIpc) is 3.10. The summed E-state index contributed by atoms with van der Waals surface area (Å²) < 4.78 is 5.48. The number of hydrogen-bond donors (Lipinski definition) is 1. The van der Waals surface area contributed by atoms with E-state index in [9.17, 15) is 14.9 Å². The number of thioether (sulfide) groups is 1. The van der Waals surface area contributed by atoms with E-state index in [0.717, 1.165) is 11.8 Å². The number of rotatable bonds is 6. The summed E-state index contributed by atoms with van der Waals surface area (Å²) in [5.41, 5.74) is 0.669. The highest BCUT2D eigenvalue weighted by molar-refractivity contribution is 7.99. The van der Waals surface area contributed by atoms with Gasteiger partial charge in [0.05, 0.1) is 10.7 Å². The van der Waals surface area contributed by atoms with Gasteiger partial charge in [-0.05, 0) is 30.3 Å². The van der Waals surface area contributed by atoms with Gasteiger partial charge in [-0.25, -0.2) is 0 Å². The minimum Gasteiger partial charge on any atom is -0.411 e. The van der Waals surface area contributed by atoms with Crippen LogP contribution >= 0.6 is 23.4 Å². The molecule has 0 saturated heterocycles. The number of nitrogens with one attached hydrogen (secondary N) is 1. The second kappa shape index (κ2) is 7.98. The Labute approximate surface area is 156 Å². The monoisotopic (exact) mass is 390 g/mol. The lowest BCUT2D eigenvalue weighted by atomic mass is 10.2. The van der Waals surface area contributed by atoms with Crippen LogP contribution in [-0.2, 0) is 4.79 Å². The molecule has 8 nitrogen and oxygen atoms in total. The molecule has 1 amide bonds. The Morgan fingerprint density at radius 3 is 2.65 bits per heavy atom. The van der Waals surface area contributed by atoms with Crippen LogP contribution in [0.1, 0.15) is 0 Å². The summed E-state index contributed by atoms with van der Waals surface area (Å²) in [7, 11) is 0. The number of amides is 1. The number of carbonyl (C=O) groups excluding carboxylic acids is 1. The average molecular weight is 391 g/mol. The molecule has 0 spiro atoms. The van der Waals surface area contributed by atoms with E-state index in [-0.39, 0.29) is 22.4 Å². The second-order valence-corrected chi connectivity index (χ2v) is 6.35. The molecule has 0 bridgehead atoms. The van der Waals surface area contributed by atoms with Crippen LogP contribution < -0.4 is 5.32 Å². The summed E-state index contributed by atoms with van der Waals surface area (Å²) in [5.74, 6) is -0.146. The van der Waals surface area contributed by atoms with E-state index in [2.05, 4.69) is 15.5 Å². The molecule has 3 rings (SSSR count). The van der Waals surface area contributed by atoms with Gasteiger partial charge in [0.2, 0.25) is 11.8 Å². The first kappa shape index (κ1) is 17.9. The van der Waals surface area contributed by atoms with Gasteiger partial charge >= 0.3 is 0 Å². The Kier molecular flexibility index (Phi) is 5.49. The zero-order chi connectivity index (χ0) is 18.5. The lowest BCUT2D eigenvalue weighted by Gasteiger charge is -2.04. The zero-order valence-electron chi connectivity index (χ0n) is 13.1. The van der Waals surface area contributed by atoms with E-state index in [4.69, 9.17) is 16.0 Å². The van der Waals surface area contributed by atoms with Gasteiger partial charge in [0.25, 0.3) is 10.9 Å². The van der Waals surface area contributed by atoms with E-state index in [1.165, 1.54) is 18.2 Å². The number of aromatic nitrogens is 2. The number of benzene rings is 2. The van der Waals surface area contributed by atoms with Crippen molar-refractivity contribution in [3.63, 3.8) is 0 Å². The van der Waals surface area contributed by atoms with Crippen molar-refractivity contribution in [1.29, 1.82) is 0 Å². The van der Waals surface area contributed by atoms with Crippen LogP contribution in [0.2, 0.25) is 5.02 Å². The molecule has 3 aromatic rings. The van der Waals surface area contributed by atoms with Crippen LogP contribution in [0.15, 0.2) is 58.2 Å². The number of hydrogen-bond acceptors (Lipinski definition) is 7. The zero-order valence-corrected chi connectivity index (χ0v) is 14.7. The third kappa shape index (κ3) is 4.38. The van der Waals surface area contributed by atoms with Gasteiger partial charge < -0.3 is 9.73 Å². The predicted octanol–water partition coefficient (Wildman–Crippen LogP) is 4.03. The highest BCUT2D eigenvalue weighted by atomic mass is 35.5. The van der Waals surface area contributed by atoms with Crippen LogP contribution in [-0.4, -0.2) is 26.8 Å². The first-order valence-corrected chi connectivity index (χ1v) is 8.65. The van der Waals surface area contributed by atoms with Crippen molar-refractivity contribution in [3.8, 4) is 11.5 Å². The summed E-state index contributed by atoms with van der Waals surface area (Å²) in [6.45, 7) is 0.